The van der Waals surface area contributed by atoms with E-state index >= 15 is 9.59 Å². The molecule has 4 aliphatic carbocycles. The van der Waals surface area contributed by atoms with Gasteiger partial charge in [0.25, 0.3) is 0 Å². The van der Waals surface area contributed by atoms with Crippen LogP contribution in [0.3, 0.4) is 0 Å². The minimum Gasteiger partial charge on any atom is -0.507 e. The number of Topliss-reactive ketones (excluding diaryl/α,β-unsaturated/α-hetero) is 2. The maximum atomic E-state index is 16.3. The van der Waals surface area contributed by atoms with Crippen LogP contribution in [0.25, 0.3) is 12.2 Å². The molecule has 1 spiro atoms. The smallest absolute Gasteiger partial charge is 0.163 e. The van der Waals surface area contributed by atoms with E-state index in [1.165, 1.54) is 0 Å². The minimum atomic E-state index is -1.47. The number of nitrogens with one attached hydrogen (secondary N) is 4. The number of aliphatic hydroxyl groups excluding tert-OH is 3. The molecule has 13 heteroatoms. The van der Waals surface area contributed by atoms with Crippen LogP contribution in [0.15, 0.2) is 84.7 Å². The monoisotopic (exact) mass is 1070 g/mol. The number of fused-ring (bicyclic) bond motifs is 9. The van der Waals surface area contributed by atoms with E-state index in [9.17, 15) is 30.6 Å². The van der Waals surface area contributed by atoms with E-state index in [-0.39, 0.29) is 72.2 Å². The summed E-state index contributed by atoms with van der Waals surface area (Å²) in [6.07, 6.45) is 16.8. The maximum absolute atomic E-state index is 16.3. The first-order chi connectivity index (χ1) is 38.3. The number of aliphatic hydroxyl groups is 4. The van der Waals surface area contributed by atoms with Gasteiger partial charge in [0.2, 0.25) is 0 Å². The van der Waals surface area contributed by atoms with Crippen molar-refractivity contribution in [3.05, 3.63) is 140 Å². The summed E-state index contributed by atoms with van der Waals surface area (Å²) in [6.45, 7) is 2.58. The Morgan fingerprint density at radius 1 is 0.823 bits per heavy atom. The predicted octanol–water partition coefficient (Wildman–Crippen LogP) is 9.38. The molecule has 3 aliphatic heterocycles. The molecule has 2 aromatic heterocycles. The second kappa shape index (κ2) is 21.9. The highest BCUT2D eigenvalue weighted by Gasteiger charge is 2.50. The fourth-order valence-corrected chi connectivity index (χ4v) is 15.0. The van der Waals surface area contributed by atoms with E-state index in [0.29, 0.717) is 53.3 Å². The normalized spacial score (nSPS) is 29.6. The van der Waals surface area contributed by atoms with Crippen molar-refractivity contribution in [1.82, 2.24) is 15.3 Å². The molecular weight excluding hydrogens is 993 g/mol. The number of carbonyl (C=O) groups excluding carboxylic acids is 2. The zero-order valence-electron chi connectivity index (χ0n) is 45.3. The minimum absolute atomic E-state index is 0.0827. The number of piperidine rings is 1. The van der Waals surface area contributed by atoms with Gasteiger partial charge in [-0.3, -0.25) is 9.59 Å². The molecule has 5 heterocycles. The summed E-state index contributed by atoms with van der Waals surface area (Å²) < 4.78 is 6.53. The van der Waals surface area contributed by atoms with Crippen molar-refractivity contribution >= 4 is 29.5 Å². The maximum Gasteiger partial charge on any atom is 0.163 e. The molecule has 12 rings (SSSR count). The van der Waals surface area contributed by atoms with Gasteiger partial charge in [-0.1, -0.05) is 74.1 Å². The molecule has 5 bridgehead atoms. The van der Waals surface area contributed by atoms with Crippen molar-refractivity contribution in [3.8, 4) is 29.1 Å². The van der Waals surface area contributed by atoms with Crippen molar-refractivity contribution in [2.45, 2.75) is 163 Å². The molecule has 2 saturated carbocycles. The van der Waals surface area contributed by atoms with Gasteiger partial charge in [0.1, 0.15) is 29.5 Å². The first kappa shape index (κ1) is 53.3. The molecule has 0 radical (unpaired) electrons. The molecule has 13 nitrogen and oxygen atoms in total. The summed E-state index contributed by atoms with van der Waals surface area (Å²) in [7, 11) is 0. The number of ketones is 2. The molecule has 3 aromatic carbocycles. The Hall–Kier alpha value is -6.40. The van der Waals surface area contributed by atoms with E-state index in [1.807, 2.05) is 48.8 Å². The average Bonchev–Trinajstić information content (AvgIpc) is 4.52. The number of hydrogen-bond acceptors (Lipinski definition) is 11. The third-order valence-corrected chi connectivity index (χ3v) is 19.3. The predicted molar refractivity (Wildman–Crippen MR) is 304 cm³/mol. The van der Waals surface area contributed by atoms with Crippen LogP contribution in [0, 0.1) is 35.5 Å². The summed E-state index contributed by atoms with van der Waals surface area (Å²) in [5, 5.41) is 80.7. The van der Waals surface area contributed by atoms with Crippen LogP contribution in [0.5, 0.6) is 17.2 Å². The summed E-state index contributed by atoms with van der Waals surface area (Å²) >= 11 is 0. The Morgan fingerprint density at radius 3 is 2.44 bits per heavy atom. The van der Waals surface area contributed by atoms with Gasteiger partial charge in [0, 0.05) is 72.0 Å². The van der Waals surface area contributed by atoms with Crippen molar-refractivity contribution in [1.29, 1.82) is 0 Å². The van der Waals surface area contributed by atoms with Crippen LogP contribution in [0.4, 0.5) is 5.82 Å². The van der Waals surface area contributed by atoms with Crippen LogP contribution in [0.1, 0.15) is 165 Å². The lowest BCUT2D eigenvalue weighted by molar-refractivity contribution is -0.135. The highest BCUT2D eigenvalue weighted by atomic mass is 16.5. The van der Waals surface area contributed by atoms with Gasteiger partial charge >= 0.3 is 0 Å². The number of H-pyrrole nitrogens is 2. The van der Waals surface area contributed by atoms with E-state index in [2.05, 4.69) is 45.4 Å². The van der Waals surface area contributed by atoms with Crippen LogP contribution < -0.4 is 15.4 Å². The Labute approximate surface area is 463 Å². The molecule has 414 valence electrons. The average molecular weight is 1070 g/mol. The van der Waals surface area contributed by atoms with Crippen LogP contribution in [-0.2, 0) is 34.3 Å². The lowest BCUT2D eigenvalue weighted by atomic mass is 9.65. The van der Waals surface area contributed by atoms with E-state index < -0.39 is 59.5 Å². The topological polar surface area (TPSA) is 220 Å². The number of hydrogen-bond donors (Lipinski definition) is 10. The van der Waals surface area contributed by atoms with Crippen LogP contribution in [0.2, 0.25) is 0 Å². The zero-order chi connectivity index (χ0) is 54.6. The summed E-state index contributed by atoms with van der Waals surface area (Å²) in [6, 6.07) is 17.9. The lowest BCUT2D eigenvalue weighted by Gasteiger charge is -2.43. The number of phenolic OH excluding ortho intramolecular Hbond substituents is 2. The van der Waals surface area contributed by atoms with E-state index in [0.717, 1.165) is 104 Å². The largest absolute Gasteiger partial charge is 0.507 e. The number of carbonyl (C=O) groups is 2. The first-order valence-electron chi connectivity index (χ1n) is 29.3. The van der Waals surface area contributed by atoms with Gasteiger partial charge in [0.05, 0.1) is 29.6 Å². The molecule has 10 atom stereocenters. The number of ether oxygens (including phenoxy) is 1. The number of aromatic nitrogens is 2. The lowest BCUT2D eigenvalue weighted by Crippen LogP contribution is -2.52. The fraction of sp³-hybridized carbons (Fsp3) is 0.485. The number of aromatic amines is 2. The SMILES string of the molecule is CC1CCC(C2C#CC3Nc4[nH]ccc4Cc4cc(ccc4C4(CCCC4)C2O)C(O)c2cc(cc(OC4CCCC4)c2O)CCC(=O)C(CCO)C(=O)C2C3=Cc3[nH]ccc3C2CC2(O)C=Cc3c(O)cccc3CC2)NC1. The highest BCUT2D eigenvalue weighted by Crippen LogP contribution is 2.52. The van der Waals surface area contributed by atoms with Crippen molar-refractivity contribution in [3.63, 3.8) is 0 Å². The number of anilines is 1. The van der Waals surface area contributed by atoms with Gasteiger partial charge in [-0.2, -0.15) is 0 Å². The van der Waals surface area contributed by atoms with Crippen LogP contribution >= 0.6 is 0 Å². The molecule has 3 fully saturated rings. The van der Waals surface area contributed by atoms with Gasteiger partial charge in [-0.25, -0.2) is 0 Å². The number of aryl methyl sites for hydroxylation is 2. The second-order valence-corrected chi connectivity index (χ2v) is 24.3. The molecule has 10 N–H and O–H groups in total. The highest BCUT2D eigenvalue weighted by molar-refractivity contribution is 6.05. The third kappa shape index (κ3) is 10.2. The third-order valence-electron chi connectivity index (χ3n) is 19.3. The number of rotatable bonds is 7. The number of phenols is 2. The zero-order valence-corrected chi connectivity index (χ0v) is 45.3. The summed E-state index contributed by atoms with van der Waals surface area (Å²) in [5.41, 5.74) is 5.82. The fourth-order valence-electron chi connectivity index (χ4n) is 15.0. The number of benzene rings is 3. The molecule has 1 saturated heterocycles. The summed E-state index contributed by atoms with van der Waals surface area (Å²) in [4.78, 5) is 38.4. The molecule has 7 aliphatic rings. The van der Waals surface area contributed by atoms with Crippen molar-refractivity contribution in [2.75, 3.05) is 18.5 Å². The Kier molecular flexibility index (Phi) is 14.8. The van der Waals surface area contributed by atoms with Gasteiger partial charge in [-0.15, -0.1) is 0 Å². The number of aromatic hydroxyl groups is 2. The van der Waals surface area contributed by atoms with Crippen LogP contribution in [-0.4, -0.2) is 95.2 Å². The first-order valence-corrected chi connectivity index (χ1v) is 29.3. The Balaban J connectivity index is 1.08. The Morgan fingerprint density at radius 2 is 1.65 bits per heavy atom. The molecule has 5 aromatic rings. The molecule has 79 heavy (non-hydrogen) atoms. The van der Waals surface area contributed by atoms with E-state index in [4.69, 9.17) is 4.74 Å². The Bertz CT molecular complexity index is 3230. The van der Waals surface area contributed by atoms with E-state index in [1.54, 1.807) is 36.4 Å². The standard InChI is InChI=1S/C66H76N4O9/c1-38-11-16-53(69-37-38)47-14-17-54-49-35-55-46(22-29-67-55)51(36-65(78)26-19-40-7-6-10-56(72)45(40)20-27-65)59(49)62(76)48(23-30-71)57(73)18-12-39-31-50(61(75)58(32-39)79-44-8-2-3-9-44)60(74)41-13-15-52(66(63(47)77)24-4-5-25-66)43(33-41)34-42-21-28-68-64(42)70-54/h6-7,10,13,15,20-22,27-29,31-33,35,38,44,47-48,51,53-54,59-60,63,67-72,74-75,77-78H,2-5,8-9,11-12,16,18-19,23-26,30,34,36-37H2,1H3. The molecule has 0 amide bonds. The van der Waals surface area contributed by atoms with Crippen molar-refractivity contribution in [2.24, 2.45) is 23.7 Å². The summed E-state index contributed by atoms with van der Waals surface area (Å²) in [5.74, 6) is 4.45. The van der Waals surface area contributed by atoms with Gasteiger partial charge in [0.15, 0.2) is 17.3 Å². The molecule has 10 unspecified atom stereocenters. The second-order valence-electron chi connectivity index (χ2n) is 24.3. The van der Waals surface area contributed by atoms with Gasteiger partial charge < -0.3 is 56.0 Å². The quantitative estimate of drug-likeness (QED) is 0.0547. The van der Waals surface area contributed by atoms with Gasteiger partial charge in [-0.05, 0) is 177 Å². The molecular formula is C66H76N4O9. The van der Waals surface area contributed by atoms with Crippen molar-refractivity contribution < 1.29 is 45.0 Å².